The molecule has 0 unspecified atom stereocenters. The number of likely N-dealkylation sites (N-methyl/N-ethyl adjacent to an activating group) is 1. The monoisotopic (exact) mass is 337 g/mol. The van der Waals surface area contributed by atoms with Gasteiger partial charge in [-0.3, -0.25) is 9.89 Å². The largest absolute Gasteiger partial charge is 0.350 e. The van der Waals surface area contributed by atoms with Crippen LogP contribution < -0.4 is 5.32 Å². The van der Waals surface area contributed by atoms with Crippen molar-refractivity contribution in [2.45, 2.75) is 19.4 Å². The van der Waals surface area contributed by atoms with Crippen molar-refractivity contribution in [2.24, 2.45) is 0 Å². The van der Waals surface area contributed by atoms with Gasteiger partial charge in [0.2, 0.25) is 0 Å². The lowest BCUT2D eigenvalue weighted by molar-refractivity contribution is 0.0941. The zero-order valence-electron chi connectivity index (χ0n) is 14.8. The molecular weight excluding hydrogens is 314 g/mol. The molecule has 1 atom stereocenters. The topological polar surface area (TPSA) is 73.9 Å². The first-order chi connectivity index (χ1) is 12.0. The van der Waals surface area contributed by atoms with Crippen LogP contribution in [0.3, 0.4) is 0 Å². The maximum absolute atomic E-state index is 12.5. The van der Waals surface area contributed by atoms with E-state index in [9.17, 15) is 4.79 Å². The zero-order chi connectivity index (χ0) is 17.8. The number of nitrogens with zero attached hydrogens (tertiary/aromatic N) is 3. The Bertz CT molecular complexity index is 857. The summed E-state index contributed by atoms with van der Waals surface area (Å²) in [5, 5.41) is 10.9. The van der Waals surface area contributed by atoms with Crippen molar-refractivity contribution in [1.82, 2.24) is 25.4 Å². The number of rotatable bonds is 6. The molecule has 25 heavy (non-hydrogen) atoms. The average molecular weight is 337 g/mol. The number of pyridine rings is 1. The number of carbonyl (C=O) groups is 1. The Balaban J connectivity index is 1.67. The number of amides is 1. The first-order valence-corrected chi connectivity index (χ1v) is 8.34. The second kappa shape index (κ2) is 7.44. The Morgan fingerprint density at radius 1 is 1.28 bits per heavy atom. The van der Waals surface area contributed by atoms with Crippen LogP contribution in [0.4, 0.5) is 0 Å². The van der Waals surface area contributed by atoms with Crippen molar-refractivity contribution in [3.63, 3.8) is 0 Å². The average Bonchev–Trinajstić information content (AvgIpc) is 2.99. The summed E-state index contributed by atoms with van der Waals surface area (Å²) in [6.45, 7) is 2.49. The minimum absolute atomic E-state index is 0.116. The Kier molecular flexibility index (Phi) is 5.09. The third kappa shape index (κ3) is 4.03. The summed E-state index contributed by atoms with van der Waals surface area (Å²) in [5.74, 6) is -0.116. The number of benzene rings is 1. The van der Waals surface area contributed by atoms with Gasteiger partial charge in [-0.15, -0.1) is 0 Å². The molecule has 6 nitrogen and oxygen atoms in total. The van der Waals surface area contributed by atoms with Crippen LogP contribution in [0.5, 0.6) is 0 Å². The van der Waals surface area contributed by atoms with Gasteiger partial charge in [-0.25, -0.2) is 4.98 Å². The van der Waals surface area contributed by atoms with Gasteiger partial charge in [-0.05, 0) is 39.1 Å². The first kappa shape index (κ1) is 17.1. The molecule has 6 heteroatoms. The summed E-state index contributed by atoms with van der Waals surface area (Å²) < 4.78 is 0. The minimum Gasteiger partial charge on any atom is -0.350 e. The number of nitrogens with one attached hydrogen (secondary N) is 2. The van der Waals surface area contributed by atoms with Gasteiger partial charge in [0, 0.05) is 29.9 Å². The SMILES string of the molecule is Cc1[nH]nc2ncc(C(=O)NC[C@@H](Cc3ccccc3)N(C)C)cc12. The molecule has 0 saturated heterocycles. The fraction of sp³-hybridized carbons (Fsp3) is 0.316. The molecule has 0 aliphatic rings. The summed E-state index contributed by atoms with van der Waals surface area (Å²) in [4.78, 5) is 18.9. The van der Waals surface area contributed by atoms with Crippen LogP contribution in [0.1, 0.15) is 21.6 Å². The highest BCUT2D eigenvalue weighted by atomic mass is 16.1. The minimum atomic E-state index is -0.116. The zero-order valence-corrected chi connectivity index (χ0v) is 14.8. The molecule has 1 aromatic carbocycles. The van der Waals surface area contributed by atoms with E-state index in [-0.39, 0.29) is 11.9 Å². The van der Waals surface area contributed by atoms with E-state index in [0.29, 0.717) is 17.8 Å². The predicted octanol–water partition coefficient (Wildman–Crippen LogP) is 2.17. The van der Waals surface area contributed by atoms with Gasteiger partial charge in [0.25, 0.3) is 5.91 Å². The van der Waals surface area contributed by atoms with Crippen LogP contribution in [0.2, 0.25) is 0 Å². The summed E-state index contributed by atoms with van der Waals surface area (Å²) in [6.07, 6.45) is 2.45. The van der Waals surface area contributed by atoms with E-state index in [1.165, 1.54) is 5.56 Å². The van der Waals surface area contributed by atoms with Gasteiger partial charge >= 0.3 is 0 Å². The molecule has 3 aromatic rings. The van der Waals surface area contributed by atoms with Gasteiger partial charge in [0.05, 0.1) is 5.56 Å². The molecule has 1 amide bonds. The molecule has 0 saturated carbocycles. The van der Waals surface area contributed by atoms with Gasteiger partial charge in [0.15, 0.2) is 5.65 Å². The molecule has 2 N–H and O–H groups in total. The van der Waals surface area contributed by atoms with E-state index in [2.05, 4.69) is 37.5 Å². The fourth-order valence-electron chi connectivity index (χ4n) is 2.78. The van der Waals surface area contributed by atoms with Crippen molar-refractivity contribution >= 4 is 16.9 Å². The number of hydrogen-bond donors (Lipinski definition) is 2. The lowest BCUT2D eigenvalue weighted by atomic mass is 10.1. The second-order valence-electron chi connectivity index (χ2n) is 6.46. The number of hydrogen-bond acceptors (Lipinski definition) is 4. The Morgan fingerprint density at radius 2 is 2.04 bits per heavy atom. The number of aryl methyl sites for hydroxylation is 1. The third-order valence-electron chi connectivity index (χ3n) is 4.41. The number of H-pyrrole nitrogens is 1. The molecule has 0 spiro atoms. The Morgan fingerprint density at radius 3 is 2.76 bits per heavy atom. The van der Waals surface area contributed by atoms with E-state index >= 15 is 0 Å². The van der Waals surface area contributed by atoms with Crippen LogP contribution in [-0.4, -0.2) is 52.7 Å². The van der Waals surface area contributed by atoms with Crippen molar-refractivity contribution in [2.75, 3.05) is 20.6 Å². The third-order valence-corrected chi connectivity index (χ3v) is 4.41. The van der Waals surface area contributed by atoms with Crippen LogP contribution in [0.15, 0.2) is 42.6 Å². The number of aromatic nitrogens is 3. The molecule has 0 radical (unpaired) electrons. The molecule has 0 bridgehead atoms. The molecular formula is C19H23N5O. The van der Waals surface area contributed by atoms with Crippen LogP contribution in [0.25, 0.3) is 11.0 Å². The standard InChI is InChI=1S/C19H23N5O/c1-13-17-10-15(11-20-18(17)23-22-13)19(25)21-12-16(24(2)3)9-14-7-5-4-6-8-14/h4-8,10-11,16H,9,12H2,1-3H3,(H,21,25)(H,20,22,23)/t16-/m1/s1. The Labute approximate surface area is 147 Å². The van der Waals surface area contributed by atoms with E-state index in [0.717, 1.165) is 17.5 Å². The van der Waals surface area contributed by atoms with E-state index in [1.807, 2.05) is 45.3 Å². The molecule has 2 heterocycles. The smallest absolute Gasteiger partial charge is 0.252 e. The van der Waals surface area contributed by atoms with Gasteiger partial charge in [-0.1, -0.05) is 30.3 Å². The predicted molar refractivity (Wildman–Crippen MR) is 98.6 cm³/mol. The molecule has 3 rings (SSSR count). The van der Waals surface area contributed by atoms with Gasteiger partial charge in [0.1, 0.15) is 0 Å². The van der Waals surface area contributed by atoms with Crippen molar-refractivity contribution in [3.05, 3.63) is 59.4 Å². The van der Waals surface area contributed by atoms with Crippen LogP contribution >= 0.6 is 0 Å². The van der Waals surface area contributed by atoms with Gasteiger partial charge < -0.3 is 10.2 Å². The lowest BCUT2D eigenvalue weighted by Gasteiger charge is -2.24. The molecule has 0 fully saturated rings. The summed E-state index contributed by atoms with van der Waals surface area (Å²) in [7, 11) is 4.06. The number of aromatic amines is 1. The second-order valence-corrected chi connectivity index (χ2v) is 6.46. The van der Waals surface area contributed by atoms with Gasteiger partial charge in [-0.2, -0.15) is 5.10 Å². The first-order valence-electron chi connectivity index (χ1n) is 8.34. The lowest BCUT2D eigenvalue weighted by Crippen LogP contribution is -2.41. The number of carbonyl (C=O) groups excluding carboxylic acids is 1. The molecule has 0 aliphatic carbocycles. The van der Waals surface area contributed by atoms with Crippen molar-refractivity contribution < 1.29 is 4.79 Å². The number of fused-ring (bicyclic) bond motifs is 1. The highest BCUT2D eigenvalue weighted by Gasteiger charge is 2.15. The summed E-state index contributed by atoms with van der Waals surface area (Å²) in [6, 6.07) is 12.4. The Hall–Kier alpha value is -2.73. The normalized spacial score (nSPS) is 12.5. The van der Waals surface area contributed by atoms with Crippen LogP contribution in [0, 0.1) is 6.92 Å². The van der Waals surface area contributed by atoms with E-state index in [4.69, 9.17) is 0 Å². The molecule has 130 valence electrons. The van der Waals surface area contributed by atoms with E-state index < -0.39 is 0 Å². The summed E-state index contributed by atoms with van der Waals surface area (Å²) >= 11 is 0. The summed E-state index contributed by atoms with van der Waals surface area (Å²) in [5.41, 5.74) is 3.35. The van der Waals surface area contributed by atoms with E-state index in [1.54, 1.807) is 6.20 Å². The fourth-order valence-corrected chi connectivity index (χ4v) is 2.78. The highest BCUT2D eigenvalue weighted by molar-refractivity contribution is 5.97. The maximum atomic E-state index is 12.5. The molecule has 2 aromatic heterocycles. The maximum Gasteiger partial charge on any atom is 0.252 e. The highest BCUT2D eigenvalue weighted by Crippen LogP contribution is 2.14. The molecule has 0 aliphatic heterocycles. The van der Waals surface area contributed by atoms with Crippen molar-refractivity contribution in [1.29, 1.82) is 0 Å². The quantitative estimate of drug-likeness (QED) is 0.723. The van der Waals surface area contributed by atoms with Crippen LogP contribution in [-0.2, 0) is 6.42 Å². The van der Waals surface area contributed by atoms with Crippen molar-refractivity contribution in [3.8, 4) is 0 Å².